The summed E-state index contributed by atoms with van der Waals surface area (Å²) in [5.41, 5.74) is 4.48. The summed E-state index contributed by atoms with van der Waals surface area (Å²) in [6.45, 7) is -0.439. The zero-order valence-corrected chi connectivity index (χ0v) is 22.3. The van der Waals surface area contributed by atoms with Crippen molar-refractivity contribution >= 4 is 5.97 Å². The van der Waals surface area contributed by atoms with Crippen molar-refractivity contribution in [2.45, 2.75) is 38.3 Å². The number of hydrogen-bond acceptors (Lipinski definition) is 5. The number of nitrogens with zero attached hydrogens (tertiary/aromatic N) is 2. The normalized spacial score (nSPS) is 12.3. The van der Waals surface area contributed by atoms with Crippen molar-refractivity contribution in [1.29, 1.82) is 0 Å². The Morgan fingerprint density at radius 1 is 0.976 bits per heavy atom. The highest BCUT2D eigenvalue weighted by molar-refractivity contribution is 5.66. The molecule has 0 spiro atoms. The third-order valence-corrected chi connectivity index (χ3v) is 6.71. The molecule has 0 aliphatic carbocycles. The van der Waals surface area contributed by atoms with Crippen LogP contribution in [0.1, 0.15) is 34.7 Å². The summed E-state index contributed by atoms with van der Waals surface area (Å²) in [5, 5.41) is 11.7. The monoisotopic (exact) mass is 584 g/mol. The number of carboxylic acid groups (broad SMARTS) is 1. The van der Waals surface area contributed by atoms with Crippen molar-refractivity contribution in [2.75, 3.05) is 6.54 Å². The summed E-state index contributed by atoms with van der Waals surface area (Å²) in [6, 6.07) is 17.0. The van der Waals surface area contributed by atoms with Gasteiger partial charge in [0, 0.05) is 30.9 Å². The van der Waals surface area contributed by atoms with Crippen LogP contribution in [0.25, 0.3) is 11.1 Å². The molecule has 1 heterocycles. The van der Waals surface area contributed by atoms with E-state index >= 15 is 0 Å². The number of aliphatic carboxylic acids is 1. The summed E-state index contributed by atoms with van der Waals surface area (Å²) in [4.78, 5) is 37.8. The molecule has 8 nitrogen and oxygen atoms in total. The summed E-state index contributed by atoms with van der Waals surface area (Å²) in [6.07, 6.45) is -3.80. The first-order valence-corrected chi connectivity index (χ1v) is 13.0. The van der Waals surface area contributed by atoms with Gasteiger partial charge in [0.05, 0.1) is 30.6 Å². The van der Waals surface area contributed by atoms with Gasteiger partial charge in [-0.15, -0.1) is 0 Å². The van der Waals surface area contributed by atoms with E-state index in [0.717, 1.165) is 39.1 Å². The number of carbonyl (C=O) groups is 1. The van der Waals surface area contributed by atoms with Crippen LogP contribution < -0.4 is 22.3 Å². The van der Waals surface area contributed by atoms with E-state index in [2.05, 4.69) is 5.32 Å². The van der Waals surface area contributed by atoms with Gasteiger partial charge in [-0.1, -0.05) is 60.7 Å². The van der Waals surface area contributed by atoms with Gasteiger partial charge in [0.2, 0.25) is 0 Å². The van der Waals surface area contributed by atoms with Crippen molar-refractivity contribution in [3.05, 3.63) is 128 Å². The number of alkyl halides is 3. The van der Waals surface area contributed by atoms with E-state index in [9.17, 15) is 31.9 Å². The Kier molecular flexibility index (Phi) is 9.38. The van der Waals surface area contributed by atoms with Crippen LogP contribution in [-0.2, 0) is 30.6 Å². The van der Waals surface area contributed by atoms with Crippen LogP contribution in [0, 0.1) is 5.82 Å². The van der Waals surface area contributed by atoms with E-state index < -0.39 is 52.9 Å². The van der Waals surface area contributed by atoms with Crippen LogP contribution in [-0.4, -0.2) is 26.8 Å². The maximum atomic E-state index is 14.7. The molecule has 220 valence electrons. The van der Waals surface area contributed by atoms with Crippen molar-refractivity contribution in [3.63, 3.8) is 0 Å². The molecule has 3 aromatic carbocycles. The lowest BCUT2D eigenvalue weighted by Gasteiger charge is -2.19. The highest BCUT2D eigenvalue weighted by atomic mass is 19.4. The first kappa shape index (κ1) is 30.4. The minimum atomic E-state index is -4.87. The standard InChI is InChI=1S/C30H28F4N4O4/c31-25-8-4-7-24(30(32,33)34)23(25)17-37-16-22(20-11-9-19(10-12-20)15-36-14-13-27(39)40)28(41)38(29(37)42)18-26(35)21-5-2-1-3-6-21/h1-12,16,26,36H,13-15,17-18,35H2,(H,39,40)/t26-/m0/s1. The topological polar surface area (TPSA) is 119 Å². The van der Waals surface area contributed by atoms with Crippen molar-refractivity contribution in [3.8, 4) is 11.1 Å². The van der Waals surface area contributed by atoms with Crippen LogP contribution in [0.2, 0.25) is 0 Å². The Hall–Kier alpha value is -4.55. The minimum absolute atomic E-state index is 0.00476. The fourth-order valence-corrected chi connectivity index (χ4v) is 4.51. The second-order valence-corrected chi connectivity index (χ2v) is 9.67. The molecule has 0 aliphatic heterocycles. The van der Waals surface area contributed by atoms with E-state index in [-0.39, 0.29) is 25.1 Å². The van der Waals surface area contributed by atoms with E-state index in [4.69, 9.17) is 10.8 Å². The molecule has 4 rings (SSSR count). The molecule has 0 radical (unpaired) electrons. The number of benzene rings is 3. The molecular weight excluding hydrogens is 556 g/mol. The summed E-state index contributed by atoms with van der Waals surface area (Å²) >= 11 is 0. The average Bonchev–Trinajstić information content (AvgIpc) is 2.96. The molecule has 0 bridgehead atoms. The summed E-state index contributed by atoms with van der Waals surface area (Å²) in [5.74, 6) is -2.08. The second-order valence-electron chi connectivity index (χ2n) is 9.67. The van der Waals surface area contributed by atoms with Crippen molar-refractivity contribution < 1.29 is 27.5 Å². The van der Waals surface area contributed by atoms with Crippen LogP contribution in [0.4, 0.5) is 17.6 Å². The van der Waals surface area contributed by atoms with Crippen LogP contribution >= 0.6 is 0 Å². The third kappa shape index (κ3) is 7.20. The molecule has 0 amide bonds. The largest absolute Gasteiger partial charge is 0.481 e. The number of aromatic nitrogens is 2. The van der Waals surface area contributed by atoms with Gasteiger partial charge in [0.25, 0.3) is 5.56 Å². The molecular formula is C30H28F4N4O4. The van der Waals surface area contributed by atoms with E-state index in [1.54, 1.807) is 54.6 Å². The van der Waals surface area contributed by atoms with Gasteiger partial charge in [0.1, 0.15) is 5.82 Å². The molecule has 4 aromatic rings. The van der Waals surface area contributed by atoms with Crippen LogP contribution in [0.5, 0.6) is 0 Å². The molecule has 0 aliphatic rings. The smallest absolute Gasteiger partial charge is 0.416 e. The van der Waals surface area contributed by atoms with Gasteiger partial charge < -0.3 is 16.2 Å². The SMILES string of the molecule is N[C@@H](Cn1c(=O)c(-c2ccc(CNCCC(=O)O)cc2)cn(Cc2c(F)cccc2C(F)(F)F)c1=O)c1ccccc1. The molecule has 0 fully saturated rings. The van der Waals surface area contributed by atoms with Gasteiger partial charge >= 0.3 is 17.8 Å². The average molecular weight is 585 g/mol. The van der Waals surface area contributed by atoms with E-state index in [0.29, 0.717) is 17.7 Å². The lowest BCUT2D eigenvalue weighted by atomic mass is 10.0. The van der Waals surface area contributed by atoms with E-state index in [1.807, 2.05) is 0 Å². The quantitative estimate of drug-likeness (QED) is 0.180. The second kappa shape index (κ2) is 13.0. The number of carboxylic acids is 1. The molecule has 4 N–H and O–H groups in total. The van der Waals surface area contributed by atoms with Crippen LogP contribution in [0.3, 0.4) is 0 Å². The zero-order chi connectivity index (χ0) is 30.4. The Balaban J connectivity index is 1.77. The predicted molar refractivity (Wildman–Crippen MR) is 148 cm³/mol. The molecule has 0 unspecified atom stereocenters. The Morgan fingerprint density at radius 2 is 1.67 bits per heavy atom. The Bertz CT molecular complexity index is 1670. The van der Waals surface area contributed by atoms with Gasteiger partial charge in [-0.25, -0.2) is 9.18 Å². The van der Waals surface area contributed by atoms with Gasteiger partial charge in [-0.2, -0.15) is 13.2 Å². The van der Waals surface area contributed by atoms with Gasteiger partial charge in [-0.05, 0) is 28.8 Å². The molecule has 42 heavy (non-hydrogen) atoms. The third-order valence-electron chi connectivity index (χ3n) is 6.71. The Labute approximate surface area is 237 Å². The lowest BCUT2D eigenvalue weighted by molar-refractivity contribution is -0.138. The van der Waals surface area contributed by atoms with Gasteiger partial charge in [0.15, 0.2) is 0 Å². The number of nitrogens with one attached hydrogen (secondary N) is 1. The maximum absolute atomic E-state index is 14.7. The summed E-state index contributed by atoms with van der Waals surface area (Å²) < 4.78 is 57.6. The fourth-order valence-electron chi connectivity index (χ4n) is 4.51. The first-order valence-electron chi connectivity index (χ1n) is 13.0. The first-order chi connectivity index (χ1) is 20.0. The molecule has 12 heteroatoms. The molecule has 0 saturated heterocycles. The molecule has 0 saturated carbocycles. The minimum Gasteiger partial charge on any atom is -0.481 e. The lowest BCUT2D eigenvalue weighted by Crippen LogP contribution is -2.42. The fraction of sp³-hybridized carbons (Fsp3) is 0.233. The predicted octanol–water partition coefficient (Wildman–Crippen LogP) is 4.15. The van der Waals surface area contributed by atoms with Gasteiger partial charge in [-0.3, -0.25) is 18.7 Å². The van der Waals surface area contributed by atoms with E-state index in [1.165, 1.54) is 0 Å². The number of nitrogens with two attached hydrogens (primary N) is 1. The zero-order valence-electron chi connectivity index (χ0n) is 22.3. The number of rotatable bonds is 11. The van der Waals surface area contributed by atoms with Crippen molar-refractivity contribution in [1.82, 2.24) is 14.5 Å². The summed E-state index contributed by atoms with van der Waals surface area (Å²) in [7, 11) is 0. The molecule has 1 aromatic heterocycles. The van der Waals surface area contributed by atoms with Crippen LogP contribution in [0.15, 0.2) is 88.6 Å². The molecule has 1 atom stereocenters. The highest BCUT2D eigenvalue weighted by Gasteiger charge is 2.34. The Morgan fingerprint density at radius 3 is 2.31 bits per heavy atom. The maximum Gasteiger partial charge on any atom is 0.416 e. The van der Waals surface area contributed by atoms with Crippen molar-refractivity contribution in [2.24, 2.45) is 5.73 Å². The number of hydrogen-bond donors (Lipinski definition) is 3. The number of halogens is 4. The highest BCUT2D eigenvalue weighted by Crippen LogP contribution is 2.33.